The van der Waals surface area contributed by atoms with Gasteiger partial charge in [0, 0.05) is 6.54 Å². The summed E-state index contributed by atoms with van der Waals surface area (Å²) in [5.74, 6) is -0.366. The van der Waals surface area contributed by atoms with E-state index in [9.17, 15) is 4.79 Å². The van der Waals surface area contributed by atoms with Gasteiger partial charge in [-0.05, 0) is 37.5 Å². The molecule has 0 fully saturated rings. The molecule has 23 heavy (non-hydrogen) atoms. The predicted octanol–water partition coefficient (Wildman–Crippen LogP) is 5.11. The number of carboxylic acid groups (broad SMARTS) is 1. The van der Waals surface area contributed by atoms with E-state index >= 15 is 0 Å². The summed E-state index contributed by atoms with van der Waals surface area (Å²) in [5.41, 5.74) is 1.09. The summed E-state index contributed by atoms with van der Waals surface area (Å²) in [6.07, 6.45) is 11.9. The Morgan fingerprint density at radius 2 is 1.83 bits per heavy atom. The van der Waals surface area contributed by atoms with Crippen molar-refractivity contribution in [1.29, 1.82) is 0 Å². The van der Waals surface area contributed by atoms with Crippen LogP contribution in [-0.4, -0.2) is 24.7 Å². The lowest BCUT2D eigenvalue weighted by atomic mass is 10.1. The van der Waals surface area contributed by atoms with Gasteiger partial charge in [-0.2, -0.15) is 0 Å². The summed E-state index contributed by atoms with van der Waals surface area (Å²) in [6, 6.07) is 4.91. The van der Waals surface area contributed by atoms with E-state index in [0.717, 1.165) is 25.1 Å². The molecule has 0 aliphatic heterocycles. The fourth-order valence-corrected chi connectivity index (χ4v) is 2.49. The van der Waals surface area contributed by atoms with Crippen LogP contribution in [0, 0.1) is 0 Å². The highest BCUT2D eigenvalue weighted by Crippen LogP contribution is 2.25. The number of nitrogens with one attached hydrogen (secondary N) is 1. The molecule has 0 saturated heterocycles. The standard InChI is InChI=1S/C19H29NO3/c1-3-4-5-6-7-8-9-10-11-14-20-17-13-12-16(19(21)22)15-18(17)23-2/h3,12-13,15,20H,1,4-11,14H2,2H3,(H,21,22). The first-order valence-electron chi connectivity index (χ1n) is 8.45. The highest BCUT2D eigenvalue weighted by Gasteiger charge is 2.08. The molecule has 0 spiro atoms. The topological polar surface area (TPSA) is 58.6 Å². The number of unbranched alkanes of at least 4 members (excludes halogenated alkanes) is 7. The van der Waals surface area contributed by atoms with E-state index in [-0.39, 0.29) is 5.56 Å². The van der Waals surface area contributed by atoms with E-state index < -0.39 is 5.97 Å². The van der Waals surface area contributed by atoms with Crippen molar-refractivity contribution in [3.8, 4) is 5.75 Å². The molecule has 0 amide bonds. The molecular weight excluding hydrogens is 290 g/mol. The molecule has 0 unspecified atom stereocenters. The number of ether oxygens (including phenoxy) is 1. The molecule has 2 N–H and O–H groups in total. The Morgan fingerprint density at radius 1 is 1.17 bits per heavy atom. The second-order valence-corrected chi connectivity index (χ2v) is 5.70. The van der Waals surface area contributed by atoms with Gasteiger partial charge < -0.3 is 15.2 Å². The van der Waals surface area contributed by atoms with Crippen LogP contribution in [0.2, 0.25) is 0 Å². The van der Waals surface area contributed by atoms with Gasteiger partial charge >= 0.3 is 5.97 Å². The van der Waals surface area contributed by atoms with Crippen LogP contribution in [0.25, 0.3) is 0 Å². The summed E-state index contributed by atoms with van der Waals surface area (Å²) < 4.78 is 5.25. The third kappa shape index (κ3) is 7.73. The SMILES string of the molecule is C=CCCCCCCCCCNc1ccc(C(=O)O)cc1OC. The minimum absolute atomic E-state index is 0.240. The van der Waals surface area contributed by atoms with E-state index in [1.54, 1.807) is 25.3 Å². The largest absolute Gasteiger partial charge is 0.495 e. The number of anilines is 1. The summed E-state index contributed by atoms with van der Waals surface area (Å²) in [4.78, 5) is 10.9. The maximum atomic E-state index is 10.9. The van der Waals surface area contributed by atoms with Crippen LogP contribution in [0.3, 0.4) is 0 Å². The molecule has 0 atom stereocenters. The molecule has 0 aliphatic carbocycles. The maximum absolute atomic E-state index is 10.9. The number of methoxy groups -OCH3 is 1. The maximum Gasteiger partial charge on any atom is 0.335 e. The van der Waals surface area contributed by atoms with Crippen molar-refractivity contribution in [3.63, 3.8) is 0 Å². The van der Waals surface area contributed by atoms with Gasteiger partial charge in [0.15, 0.2) is 0 Å². The van der Waals surface area contributed by atoms with Gasteiger partial charge in [-0.3, -0.25) is 0 Å². The number of hydrogen-bond acceptors (Lipinski definition) is 3. The van der Waals surface area contributed by atoms with E-state index in [1.807, 2.05) is 6.08 Å². The Kier molecular flexibility index (Phi) is 9.60. The van der Waals surface area contributed by atoms with Crippen LogP contribution < -0.4 is 10.1 Å². The minimum atomic E-state index is -0.942. The normalized spacial score (nSPS) is 10.3. The lowest BCUT2D eigenvalue weighted by molar-refractivity contribution is 0.0696. The molecule has 0 saturated carbocycles. The Labute approximate surface area is 139 Å². The number of hydrogen-bond donors (Lipinski definition) is 2. The molecular formula is C19H29NO3. The molecule has 0 radical (unpaired) electrons. The number of allylic oxidation sites excluding steroid dienone is 1. The molecule has 4 nitrogen and oxygen atoms in total. The highest BCUT2D eigenvalue weighted by atomic mass is 16.5. The number of rotatable bonds is 13. The summed E-state index contributed by atoms with van der Waals surface area (Å²) >= 11 is 0. The predicted molar refractivity (Wildman–Crippen MR) is 95.6 cm³/mol. The zero-order valence-electron chi connectivity index (χ0n) is 14.1. The van der Waals surface area contributed by atoms with Gasteiger partial charge in [-0.25, -0.2) is 4.79 Å². The molecule has 1 aromatic rings. The first-order chi connectivity index (χ1) is 11.2. The van der Waals surface area contributed by atoms with Crippen LogP contribution in [0.5, 0.6) is 5.75 Å². The molecule has 0 heterocycles. The van der Waals surface area contributed by atoms with E-state index in [4.69, 9.17) is 9.84 Å². The van der Waals surface area contributed by atoms with Crippen molar-refractivity contribution in [2.24, 2.45) is 0 Å². The zero-order chi connectivity index (χ0) is 16.9. The fourth-order valence-electron chi connectivity index (χ4n) is 2.49. The highest BCUT2D eigenvalue weighted by molar-refractivity contribution is 5.89. The summed E-state index contributed by atoms with van der Waals surface area (Å²) in [6.45, 7) is 4.61. The Hall–Kier alpha value is -1.97. The first kappa shape index (κ1) is 19.1. The Bertz CT molecular complexity index is 486. The van der Waals surface area contributed by atoms with Gasteiger partial charge in [-0.1, -0.05) is 38.2 Å². The number of benzene rings is 1. The third-order valence-corrected chi connectivity index (χ3v) is 3.85. The van der Waals surface area contributed by atoms with Crippen molar-refractivity contribution in [2.45, 2.75) is 51.4 Å². The minimum Gasteiger partial charge on any atom is -0.495 e. The quantitative estimate of drug-likeness (QED) is 0.392. The van der Waals surface area contributed by atoms with E-state index in [2.05, 4.69) is 11.9 Å². The molecule has 0 aromatic heterocycles. The van der Waals surface area contributed by atoms with Gasteiger partial charge in [-0.15, -0.1) is 6.58 Å². The van der Waals surface area contributed by atoms with Crippen molar-refractivity contribution < 1.29 is 14.6 Å². The van der Waals surface area contributed by atoms with Gasteiger partial charge in [0.25, 0.3) is 0 Å². The van der Waals surface area contributed by atoms with Crippen molar-refractivity contribution in [3.05, 3.63) is 36.4 Å². The monoisotopic (exact) mass is 319 g/mol. The van der Waals surface area contributed by atoms with E-state index in [1.165, 1.54) is 38.5 Å². The molecule has 0 bridgehead atoms. The van der Waals surface area contributed by atoms with Gasteiger partial charge in [0.05, 0.1) is 18.4 Å². The molecule has 4 heteroatoms. The van der Waals surface area contributed by atoms with Gasteiger partial charge in [0.1, 0.15) is 5.75 Å². The lowest BCUT2D eigenvalue weighted by Crippen LogP contribution is -2.05. The second-order valence-electron chi connectivity index (χ2n) is 5.70. The van der Waals surface area contributed by atoms with Gasteiger partial charge in [0.2, 0.25) is 0 Å². The van der Waals surface area contributed by atoms with Crippen molar-refractivity contribution in [1.82, 2.24) is 0 Å². The number of carbonyl (C=O) groups is 1. The first-order valence-corrected chi connectivity index (χ1v) is 8.45. The lowest BCUT2D eigenvalue weighted by Gasteiger charge is -2.11. The fraction of sp³-hybridized carbons (Fsp3) is 0.526. The zero-order valence-corrected chi connectivity index (χ0v) is 14.1. The molecule has 128 valence electrons. The van der Waals surface area contributed by atoms with Crippen LogP contribution in [-0.2, 0) is 0 Å². The Morgan fingerprint density at radius 3 is 2.43 bits per heavy atom. The molecule has 1 rings (SSSR count). The molecule has 0 aliphatic rings. The van der Waals surface area contributed by atoms with Crippen LogP contribution in [0.15, 0.2) is 30.9 Å². The average molecular weight is 319 g/mol. The molecule has 1 aromatic carbocycles. The van der Waals surface area contributed by atoms with Crippen LogP contribution in [0.1, 0.15) is 61.7 Å². The number of aromatic carboxylic acids is 1. The van der Waals surface area contributed by atoms with Crippen LogP contribution in [0.4, 0.5) is 5.69 Å². The summed E-state index contributed by atoms with van der Waals surface area (Å²) in [7, 11) is 1.55. The van der Waals surface area contributed by atoms with E-state index in [0.29, 0.717) is 5.75 Å². The van der Waals surface area contributed by atoms with Crippen molar-refractivity contribution in [2.75, 3.05) is 19.0 Å². The second kappa shape index (κ2) is 11.6. The van der Waals surface area contributed by atoms with Crippen LogP contribution >= 0.6 is 0 Å². The van der Waals surface area contributed by atoms with Crippen molar-refractivity contribution >= 4 is 11.7 Å². The average Bonchev–Trinajstić information content (AvgIpc) is 2.56. The third-order valence-electron chi connectivity index (χ3n) is 3.85. The Balaban J connectivity index is 2.18. The summed E-state index contributed by atoms with van der Waals surface area (Å²) in [5, 5.41) is 12.3. The number of carboxylic acids is 1. The smallest absolute Gasteiger partial charge is 0.335 e.